The molecular weight excluding hydrogens is 393 g/mol. The van der Waals surface area contributed by atoms with Gasteiger partial charge < -0.3 is 20.0 Å². The number of hydrogen-bond donors (Lipinski definition) is 1. The molecule has 152 valence electrons. The van der Waals surface area contributed by atoms with Crippen LogP contribution < -0.4 is 15.1 Å². The van der Waals surface area contributed by atoms with Crippen molar-refractivity contribution in [2.45, 2.75) is 20.0 Å². The van der Waals surface area contributed by atoms with E-state index in [2.05, 4.69) is 39.2 Å². The zero-order valence-electron chi connectivity index (χ0n) is 16.9. The Balaban J connectivity index is 1.62. The van der Waals surface area contributed by atoms with Crippen molar-refractivity contribution in [2.24, 2.45) is 0 Å². The SMILES string of the molecule is CCN1CCN(c2cc(CNCc3c(Cl)cc(Cl)cc3N(C)C)ccn2)CC1. The molecule has 0 spiro atoms. The molecule has 0 atom stereocenters. The number of hydrogen-bond acceptors (Lipinski definition) is 5. The Morgan fingerprint density at radius 3 is 2.50 bits per heavy atom. The standard InChI is InChI=1S/C21H29Cl2N5/c1-4-27-7-9-28(10-8-27)21-11-16(5-6-25-21)14-24-15-18-19(23)12-17(22)13-20(18)26(2)3/h5-6,11-13,24H,4,7-10,14-15H2,1-3H3. The van der Waals surface area contributed by atoms with Gasteiger partial charge in [0, 0.05) is 80.9 Å². The maximum Gasteiger partial charge on any atom is 0.128 e. The Morgan fingerprint density at radius 1 is 1.07 bits per heavy atom. The summed E-state index contributed by atoms with van der Waals surface area (Å²) in [6.07, 6.45) is 1.90. The molecule has 0 radical (unpaired) electrons. The number of anilines is 2. The Hall–Kier alpha value is -1.53. The summed E-state index contributed by atoms with van der Waals surface area (Å²) in [6, 6.07) is 8.00. The minimum absolute atomic E-state index is 0.652. The highest BCUT2D eigenvalue weighted by molar-refractivity contribution is 6.35. The van der Waals surface area contributed by atoms with E-state index in [0.717, 1.165) is 56.3 Å². The van der Waals surface area contributed by atoms with Gasteiger partial charge in [0.25, 0.3) is 0 Å². The first-order valence-electron chi connectivity index (χ1n) is 9.76. The number of rotatable bonds is 7. The number of likely N-dealkylation sites (N-methyl/N-ethyl adjacent to an activating group) is 1. The highest BCUT2D eigenvalue weighted by atomic mass is 35.5. The molecule has 1 saturated heterocycles. The van der Waals surface area contributed by atoms with E-state index < -0.39 is 0 Å². The largest absolute Gasteiger partial charge is 0.377 e. The average Bonchev–Trinajstić information content (AvgIpc) is 2.69. The normalized spacial score (nSPS) is 15.1. The second-order valence-electron chi connectivity index (χ2n) is 7.33. The summed E-state index contributed by atoms with van der Waals surface area (Å²) < 4.78 is 0. The molecule has 0 aliphatic carbocycles. The fourth-order valence-corrected chi connectivity index (χ4v) is 4.08. The van der Waals surface area contributed by atoms with E-state index >= 15 is 0 Å². The Labute approximate surface area is 178 Å². The molecule has 3 rings (SSSR count). The molecule has 0 unspecified atom stereocenters. The predicted molar refractivity (Wildman–Crippen MR) is 120 cm³/mol. The maximum absolute atomic E-state index is 6.44. The van der Waals surface area contributed by atoms with E-state index in [1.807, 2.05) is 31.3 Å². The van der Waals surface area contributed by atoms with Gasteiger partial charge >= 0.3 is 0 Å². The summed E-state index contributed by atoms with van der Waals surface area (Å²) in [4.78, 5) is 11.5. The van der Waals surface area contributed by atoms with E-state index in [1.54, 1.807) is 6.07 Å². The zero-order chi connectivity index (χ0) is 20.1. The van der Waals surface area contributed by atoms with Gasteiger partial charge in [0.15, 0.2) is 0 Å². The molecule has 1 aromatic heterocycles. The summed E-state index contributed by atoms with van der Waals surface area (Å²) in [5.74, 6) is 1.06. The van der Waals surface area contributed by atoms with Crippen molar-refractivity contribution in [1.29, 1.82) is 0 Å². The second-order valence-corrected chi connectivity index (χ2v) is 8.17. The van der Waals surface area contributed by atoms with E-state index in [4.69, 9.17) is 23.2 Å². The van der Waals surface area contributed by atoms with Gasteiger partial charge in [-0.25, -0.2) is 4.98 Å². The second kappa shape index (κ2) is 9.79. The fourth-order valence-electron chi connectivity index (χ4n) is 3.53. The average molecular weight is 422 g/mol. The van der Waals surface area contributed by atoms with Gasteiger partial charge in [-0.1, -0.05) is 30.1 Å². The molecule has 28 heavy (non-hydrogen) atoms. The summed E-state index contributed by atoms with van der Waals surface area (Å²) in [6.45, 7) is 9.04. The van der Waals surface area contributed by atoms with E-state index in [1.165, 1.54) is 5.56 Å². The molecule has 1 fully saturated rings. The lowest BCUT2D eigenvalue weighted by molar-refractivity contribution is 0.270. The van der Waals surface area contributed by atoms with Gasteiger partial charge in [0.2, 0.25) is 0 Å². The summed E-state index contributed by atoms with van der Waals surface area (Å²) in [5, 5.41) is 4.85. The first-order valence-corrected chi connectivity index (χ1v) is 10.5. The van der Waals surface area contributed by atoms with Crippen LogP contribution in [0.2, 0.25) is 10.0 Å². The van der Waals surface area contributed by atoms with Gasteiger partial charge in [-0.15, -0.1) is 0 Å². The van der Waals surface area contributed by atoms with Crippen molar-refractivity contribution in [3.05, 3.63) is 51.6 Å². The minimum atomic E-state index is 0.652. The third kappa shape index (κ3) is 5.29. The third-order valence-corrected chi connectivity index (χ3v) is 5.76. The minimum Gasteiger partial charge on any atom is -0.377 e. The molecule has 0 bridgehead atoms. The van der Waals surface area contributed by atoms with Crippen LogP contribution in [0.1, 0.15) is 18.1 Å². The summed E-state index contributed by atoms with van der Waals surface area (Å²) in [7, 11) is 4.00. The Kier molecular flexibility index (Phi) is 7.41. The summed E-state index contributed by atoms with van der Waals surface area (Å²) in [5.41, 5.74) is 3.31. The van der Waals surface area contributed by atoms with Crippen molar-refractivity contribution in [3.8, 4) is 0 Å². The van der Waals surface area contributed by atoms with Crippen LogP contribution in [0.15, 0.2) is 30.5 Å². The number of piperazine rings is 1. The lowest BCUT2D eigenvalue weighted by atomic mass is 10.1. The molecule has 0 amide bonds. The predicted octanol–water partition coefficient (Wildman–Crippen LogP) is 3.89. The van der Waals surface area contributed by atoms with Crippen molar-refractivity contribution >= 4 is 34.7 Å². The lowest BCUT2D eigenvalue weighted by Crippen LogP contribution is -2.46. The lowest BCUT2D eigenvalue weighted by Gasteiger charge is -2.34. The van der Waals surface area contributed by atoms with E-state index in [9.17, 15) is 0 Å². The van der Waals surface area contributed by atoms with E-state index in [0.29, 0.717) is 16.6 Å². The fraction of sp³-hybridized carbons (Fsp3) is 0.476. The van der Waals surface area contributed by atoms with Crippen LogP contribution in [0.4, 0.5) is 11.5 Å². The number of halogens is 2. The van der Waals surface area contributed by atoms with E-state index in [-0.39, 0.29) is 0 Å². The van der Waals surface area contributed by atoms with Gasteiger partial charge in [-0.2, -0.15) is 0 Å². The Bertz CT molecular complexity index is 788. The molecule has 1 aromatic carbocycles. The first-order chi connectivity index (χ1) is 13.5. The van der Waals surface area contributed by atoms with Gasteiger partial charge in [0.05, 0.1) is 0 Å². The quantitative estimate of drug-likeness (QED) is 0.733. The highest BCUT2D eigenvalue weighted by Crippen LogP contribution is 2.30. The topological polar surface area (TPSA) is 34.6 Å². The van der Waals surface area contributed by atoms with Crippen LogP contribution in [-0.2, 0) is 13.1 Å². The molecular formula is C21H29Cl2N5. The maximum atomic E-state index is 6.44. The third-order valence-electron chi connectivity index (χ3n) is 5.20. The molecule has 1 aliphatic rings. The van der Waals surface area contributed by atoms with Crippen molar-refractivity contribution in [1.82, 2.24) is 15.2 Å². The number of nitrogens with zero attached hydrogens (tertiary/aromatic N) is 4. The molecule has 1 aliphatic heterocycles. The van der Waals surface area contributed by atoms with Crippen LogP contribution in [0.5, 0.6) is 0 Å². The molecule has 2 heterocycles. The first kappa shape index (κ1) is 21.2. The number of nitrogens with one attached hydrogen (secondary N) is 1. The summed E-state index contributed by atoms with van der Waals surface area (Å²) >= 11 is 12.6. The highest BCUT2D eigenvalue weighted by Gasteiger charge is 2.17. The zero-order valence-corrected chi connectivity index (χ0v) is 18.4. The molecule has 0 saturated carbocycles. The van der Waals surface area contributed by atoms with Crippen molar-refractivity contribution in [3.63, 3.8) is 0 Å². The van der Waals surface area contributed by atoms with Crippen LogP contribution in [0, 0.1) is 0 Å². The number of aromatic nitrogens is 1. The monoisotopic (exact) mass is 421 g/mol. The molecule has 7 heteroatoms. The van der Waals surface area contributed by atoms with Crippen LogP contribution in [-0.4, -0.2) is 56.7 Å². The van der Waals surface area contributed by atoms with Gasteiger partial charge in [-0.05, 0) is 36.4 Å². The van der Waals surface area contributed by atoms with Gasteiger partial charge in [-0.3, -0.25) is 0 Å². The number of benzene rings is 1. The molecule has 1 N–H and O–H groups in total. The van der Waals surface area contributed by atoms with Crippen LogP contribution >= 0.6 is 23.2 Å². The molecule has 2 aromatic rings. The van der Waals surface area contributed by atoms with Crippen LogP contribution in [0.25, 0.3) is 0 Å². The van der Waals surface area contributed by atoms with Gasteiger partial charge in [0.1, 0.15) is 5.82 Å². The Morgan fingerprint density at radius 2 is 1.82 bits per heavy atom. The van der Waals surface area contributed by atoms with Crippen LogP contribution in [0.3, 0.4) is 0 Å². The van der Waals surface area contributed by atoms with Crippen molar-refractivity contribution < 1.29 is 0 Å². The van der Waals surface area contributed by atoms with Crippen molar-refractivity contribution in [2.75, 3.05) is 56.6 Å². The number of pyridine rings is 1. The molecule has 5 nitrogen and oxygen atoms in total. The smallest absolute Gasteiger partial charge is 0.128 e.